The first-order valence-electron chi connectivity index (χ1n) is 6.63. The van der Waals surface area contributed by atoms with Gasteiger partial charge in [0.2, 0.25) is 0 Å². The molecule has 3 heterocycles. The van der Waals surface area contributed by atoms with Crippen LogP contribution in [0.4, 0.5) is 5.82 Å². The molecule has 0 unspecified atom stereocenters. The second kappa shape index (κ2) is 5.63. The zero-order valence-corrected chi connectivity index (χ0v) is 11.5. The molecule has 0 radical (unpaired) electrons. The van der Waals surface area contributed by atoms with Crippen LogP contribution < -0.4 is 5.32 Å². The monoisotopic (exact) mass is 282 g/mol. The quantitative estimate of drug-likeness (QED) is 0.773. The molecule has 0 aromatic carbocycles. The van der Waals surface area contributed by atoms with E-state index in [4.69, 9.17) is 9.68 Å². The summed E-state index contributed by atoms with van der Waals surface area (Å²) in [6.45, 7) is 2.51. The average Bonchev–Trinajstić information content (AvgIpc) is 3.15. The molecule has 0 saturated heterocycles. The Morgan fingerprint density at radius 1 is 1.48 bits per heavy atom. The number of aryl methyl sites for hydroxylation is 1. The van der Waals surface area contributed by atoms with Crippen molar-refractivity contribution < 1.29 is 4.42 Å². The van der Waals surface area contributed by atoms with Gasteiger partial charge in [-0.3, -0.25) is 0 Å². The van der Waals surface area contributed by atoms with Crippen LogP contribution >= 0.6 is 0 Å². The lowest BCUT2D eigenvalue weighted by molar-refractivity contribution is 0.490. The number of hydrogen-bond acceptors (Lipinski definition) is 6. The number of nitriles is 1. The van der Waals surface area contributed by atoms with Gasteiger partial charge in [-0.25, -0.2) is 14.6 Å². The number of nitrogens with zero attached hydrogens (tertiary/aromatic N) is 5. The van der Waals surface area contributed by atoms with Crippen LogP contribution in [0.25, 0.3) is 11.0 Å². The summed E-state index contributed by atoms with van der Waals surface area (Å²) in [5.41, 5.74) is 0.717. The molecule has 7 nitrogen and oxygen atoms in total. The van der Waals surface area contributed by atoms with E-state index in [1.165, 1.54) is 6.33 Å². The van der Waals surface area contributed by atoms with E-state index in [0.717, 1.165) is 16.8 Å². The fraction of sp³-hybridized carbons (Fsp3) is 0.286. The van der Waals surface area contributed by atoms with Gasteiger partial charge in [0.1, 0.15) is 17.9 Å². The van der Waals surface area contributed by atoms with Crippen LogP contribution in [0.2, 0.25) is 0 Å². The van der Waals surface area contributed by atoms with Crippen molar-refractivity contribution in [1.29, 1.82) is 5.26 Å². The summed E-state index contributed by atoms with van der Waals surface area (Å²) in [6.07, 6.45) is 5.24. The van der Waals surface area contributed by atoms with Crippen molar-refractivity contribution in [3.63, 3.8) is 0 Å². The molecular formula is C14H14N6O. The lowest BCUT2D eigenvalue weighted by Crippen LogP contribution is -2.08. The molecule has 1 N–H and O–H groups in total. The lowest BCUT2D eigenvalue weighted by atomic mass is 10.2. The fourth-order valence-corrected chi connectivity index (χ4v) is 2.14. The Hall–Kier alpha value is -2.88. The molecule has 0 aliphatic carbocycles. The van der Waals surface area contributed by atoms with E-state index in [9.17, 15) is 0 Å². The molecule has 21 heavy (non-hydrogen) atoms. The number of nitrogens with one attached hydrogen (secondary N) is 1. The minimum atomic E-state index is -0.0134. The Labute approximate surface area is 121 Å². The van der Waals surface area contributed by atoms with Gasteiger partial charge in [-0.05, 0) is 19.1 Å². The minimum absolute atomic E-state index is 0.0134. The van der Waals surface area contributed by atoms with Gasteiger partial charge in [0, 0.05) is 0 Å². The maximum Gasteiger partial charge on any atom is 0.163 e. The lowest BCUT2D eigenvalue weighted by Gasteiger charge is -2.12. The number of aromatic nitrogens is 4. The molecule has 0 fully saturated rings. The van der Waals surface area contributed by atoms with E-state index in [2.05, 4.69) is 26.5 Å². The van der Waals surface area contributed by atoms with Crippen LogP contribution in [-0.2, 0) is 6.54 Å². The van der Waals surface area contributed by atoms with E-state index in [1.54, 1.807) is 17.1 Å². The van der Waals surface area contributed by atoms with Crippen molar-refractivity contribution in [1.82, 2.24) is 19.7 Å². The molecule has 3 rings (SSSR count). The summed E-state index contributed by atoms with van der Waals surface area (Å²) < 4.78 is 7.09. The molecule has 0 amide bonds. The summed E-state index contributed by atoms with van der Waals surface area (Å²) in [5.74, 6) is 1.53. The standard InChI is InChI=1S/C14H14N6O/c1-10(12-4-2-7-21-12)19-13-11-8-18-20(6-3-5-15)14(11)17-9-16-13/h2,4,7-10H,3,6H2,1H3,(H,16,17,19)/t10-/m1/s1. The zero-order chi connectivity index (χ0) is 14.7. The topological polar surface area (TPSA) is 92.6 Å². The van der Waals surface area contributed by atoms with Crippen LogP contribution in [0.3, 0.4) is 0 Å². The van der Waals surface area contributed by atoms with Crippen molar-refractivity contribution in [2.24, 2.45) is 0 Å². The molecule has 0 aliphatic rings. The van der Waals surface area contributed by atoms with Crippen LogP contribution in [0, 0.1) is 11.3 Å². The second-order valence-electron chi connectivity index (χ2n) is 4.62. The molecule has 1 atom stereocenters. The highest BCUT2D eigenvalue weighted by atomic mass is 16.3. The molecule has 0 bridgehead atoms. The number of furan rings is 1. The van der Waals surface area contributed by atoms with Crippen molar-refractivity contribution in [2.45, 2.75) is 25.9 Å². The first-order chi connectivity index (χ1) is 10.3. The van der Waals surface area contributed by atoms with Gasteiger partial charge >= 0.3 is 0 Å². The van der Waals surface area contributed by atoms with Gasteiger partial charge in [-0.1, -0.05) is 0 Å². The summed E-state index contributed by atoms with van der Waals surface area (Å²) >= 11 is 0. The SMILES string of the molecule is C[C@@H](Nc1ncnc2c1cnn2CCC#N)c1ccco1. The van der Waals surface area contributed by atoms with E-state index in [1.807, 2.05) is 19.1 Å². The van der Waals surface area contributed by atoms with E-state index in [0.29, 0.717) is 18.8 Å². The van der Waals surface area contributed by atoms with E-state index in [-0.39, 0.29) is 6.04 Å². The Balaban J connectivity index is 1.89. The summed E-state index contributed by atoms with van der Waals surface area (Å²) in [7, 11) is 0. The smallest absolute Gasteiger partial charge is 0.163 e. The van der Waals surface area contributed by atoms with Crippen molar-refractivity contribution >= 4 is 16.9 Å². The first kappa shape index (κ1) is 13.1. The molecule has 7 heteroatoms. The largest absolute Gasteiger partial charge is 0.467 e. The zero-order valence-electron chi connectivity index (χ0n) is 11.5. The van der Waals surface area contributed by atoms with Gasteiger partial charge in [-0.15, -0.1) is 0 Å². The molecule has 106 valence electrons. The van der Waals surface area contributed by atoms with Gasteiger partial charge in [0.25, 0.3) is 0 Å². The predicted molar refractivity (Wildman–Crippen MR) is 76.3 cm³/mol. The molecule has 3 aromatic rings. The first-order valence-corrected chi connectivity index (χ1v) is 6.63. The van der Waals surface area contributed by atoms with E-state index < -0.39 is 0 Å². The van der Waals surface area contributed by atoms with Crippen LogP contribution in [-0.4, -0.2) is 19.7 Å². The van der Waals surface area contributed by atoms with E-state index >= 15 is 0 Å². The molecule has 0 saturated carbocycles. The molecule has 0 aliphatic heterocycles. The highest BCUT2D eigenvalue weighted by Gasteiger charge is 2.13. The molecule has 3 aromatic heterocycles. The highest BCUT2D eigenvalue weighted by molar-refractivity contribution is 5.86. The Morgan fingerprint density at radius 3 is 3.14 bits per heavy atom. The Morgan fingerprint density at radius 2 is 2.38 bits per heavy atom. The second-order valence-corrected chi connectivity index (χ2v) is 4.62. The number of anilines is 1. The Kier molecular flexibility index (Phi) is 3.51. The van der Waals surface area contributed by atoms with Gasteiger partial charge in [-0.2, -0.15) is 10.4 Å². The molecule has 0 spiro atoms. The van der Waals surface area contributed by atoms with Crippen LogP contribution in [0.15, 0.2) is 35.3 Å². The third-order valence-corrected chi connectivity index (χ3v) is 3.19. The van der Waals surface area contributed by atoms with Gasteiger partial charge in [0.05, 0.1) is 42.9 Å². The summed E-state index contributed by atoms with van der Waals surface area (Å²) in [4.78, 5) is 8.51. The molecular weight excluding hydrogens is 268 g/mol. The van der Waals surface area contributed by atoms with Gasteiger partial charge < -0.3 is 9.73 Å². The van der Waals surface area contributed by atoms with Crippen molar-refractivity contribution in [3.8, 4) is 6.07 Å². The summed E-state index contributed by atoms with van der Waals surface area (Å²) in [6, 6.07) is 5.85. The van der Waals surface area contributed by atoms with Crippen molar-refractivity contribution in [2.75, 3.05) is 5.32 Å². The number of hydrogen-bond donors (Lipinski definition) is 1. The number of rotatable bonds is 5. The third-order valence-electron chi connectivity index (χ3n) is 3.19. The fourth-order valence-electron chi connectivity index (χ4n) is 2.14. The summed E-state index contributed by atoms with van der Waals surface area (Å²) in [5, 5.41) is 17.1. The minimum Gasteiger partial charge on any atom is -0.467 e. The maximum absolute atomic E-state index is 8.67. The average molecular weight is 282 g/mol. The predicted octanol–water partition coefficient (Wildman–Crippen LogP) is 2.51. The normalized spacial score (nSPS) is 12.2. The maximum atomic E-state index is 8.67. The van der Waals surface area contributed by atoms with Gasteiger partial charge in [0.15, 0.2) is 5.65 Å². The van der Waals surface area contributed by atoms with Crippen molar-refractivity contribution in [3.05, 3.63) is 36.7 Å². The highest BCUT2D eigenvalue weighted by Crippen LogP contribution is 2.24. The van der Waals surface area contributed by atoms with Crippen LogP contribution in [0.1, 0.15) is 25.1 Å². The third kappa shape index (κ3) is 2.56. The van der Waals surface area contributed by atoms with Crippen LogP contribution in [0.5, 0.6) is 0 Å². The Bertz CT molecular complexity index is 770. The number of fused-ring (bicyclic) bond motifs is 1.